The molecular formula is C22H23N3O4. The smallest absolute Gasteiger partial charge is 0.253 e. The van der Waals surface area contributed by atoms with E-state index in [0.29, 0.717) is 35.1 Å². The van der Waals surface area contributed by atoms with Gasteiger partial charge in [-0.1, -0.05) is 24.3 Å². The summed E-state index contributed by atoms with van der Waals surface area (Å²) in [4.78, 5) is 24.9. The van der Waals surface area contributed by atoms with Crippen molar-refractivity contribution in [2.75, 3.05) is 23.8 Å². The lowest BCUT2D eigenvalue weighted by Crippen LogP contribution is -2.26. The van der Waals surface area contributed by atoms with Gasteiger partial charge in [-0.3, -0.25) is 9.59 Å². The predicted molar refractivity (Wildman–Crippen MR) is 111 cm³/mol. The quantitative estimate of drug-likeness (QED) is 0.516. The average molecular weight is 393 g/mol. The average Bonchev–Trinajstić information content (AvgIpc) is 3.26. The predicted octanol–water partition coefficient (Wildman–Crippen LogP) is 3.66. The van der Waals surface area contributed by atoms with Crippen LogP contribution in [0.4, 0.5) is 11.4 Å². The fourth-order valence-electron chi connectivity index (χ4n) is 2.73. The molecule has 0 spiro atoms. The second kappa shape index (κ2) is 9.98. The second-order valence-corrected chi connectivity index (χ2v) is 6.14. The lowest BCUT2D eigenvalue weighted by Gasteiger charge is -2.13. The summed E-state index contributed by atoms with van der Waals surface area (Å²) in [7, 11) is 0. The molecule has 3 N–H and O–H groups in total. The van der Waals surface area contributed by atoms with Crippen molar-refractivity contribution in [3.8, 4) is 5.75 Å². The molecule has 0 atom stereocenters. The molecule has 0 radical (unpaired) electrons. The van der Waals surface area contributed by atoms with Crippen LogP contribution in [0.25, 0.3) is 0 Å². The molecule has 0 unspecified atom stereocenters. The van der Waals surface area contributed by atoms with Crippen LogP contribution >= 0.6 is 0 Å². The molecule has 1 heterocycles. The Labute approximate surface area is 169 Å². The molecule has 0 saturated carbocycles. The summed E-state index contributed by atoms with van der Waals surface area (Å²) in [5.41, 5.74) is 1.62. The van der Waals surface area contributed by atoms with Gasteiger partial charge >= 0.3 is 0 Å². The SMILES string of the molecule is CCOc1ccccc1NC(=O)CNc1ccccc1C(=O)NCc1ccco1. The second-order valence-electron chi connectivity index (χ2n) is 6.14. The van der Waals surface area contributed by atoms with Crippen molar-refractivity contribution in [1.29, 1.82) is 0 Å². The van der Waals surface area contributed by atoms with Crippen molar-refractivity contribution in [2.45, 2.75) is 13.5 Å². The van der Waals surface area contributed by atoms with Crippen LogP contribution in [-0.4, -0.2) is 25.0 Å². The standard InChI is InChI=1S/C22H23N3O4/c1-2-28-20-12-6-5-11-19(20)25-21(26)15-23-18-10-4-3-9-17(18)22(27)24-14-16-8-7-13-29-16/h3-13,23H,2,14-15H2,1H3,(H,24,27)(H,25,26). The fraction of sp³-hybridized carbons (Fsp3) is 0.182. The lowest BCUT2D eigenvalue weighted by molar-refractivity contribution is -0.114. The van der Waals surface area contributed by atoms with Crippen molar-refractivity contribution in [2.24, 2.45) is 0 Å². The van der Waals surface area contributed by atoms with E-state index >= 15 is 0 Å². The first-order valence-electron chi connectivity index (χ1n) is 9.32. The summed E-state index contributed by atoms with van der Waals surface area (Å²) >= 11 is 0. The number of ether oxygens (including phenoxy) is 1. The van der Waals surface area contributed by atoms with Crippen molar-refractivity contribution >= 4 is 23.2 Å². The van der Waals surface area contributed by atoms with Crippen LogP contribution in [-0.2, 0) is 11.3 Å². The summed E-state index contributed by atoms with van der Waals surface area (Å²) in [5.74, 6) is 0.770. The van der Waals surface area contributed by atoms with Gasteiger partial charge in [0.1, 0.15) is 11.5 Å². The number of benzene rings is 2. The Morgan fingerprint density at radius 1 is 0.966 bits per heavy atom. The zero-order chi connectivity index (χ0) is 20.5. The number of rotatable bonds is 9. The van der Waals surface area contributed by atoms with E-state index in [0.717, 1.165) is 0 Å². The van der Waals surface area contributed by atoms with Crippen molar-refractivity contribution in [1.82, 2.24) is 5.32 Å². The molecule has 2 aromatic carbocycles. The highest BCUT2D eigenvalue weighted by Crippen LogP contribution is 2.23. The number of para-hydroxylation sites is 3. The largest absolute Gasteiger partial charge is 0.492 e. The Kier molecular flexibility index (Phi) is 6.89. The van der Waals surface area contributed by atoms with Crippen molar-refractivity contribution < 1.29 is 18.7 Å². The van der Waals surface area contributed by atoms with Crippen molar-refractivity contribution in [3.05, 3.63) is 78.3 Å². The first-order chi connectivity index (χ1) is 14.2. The highest BCUT2D eigenvalue weighted by molar-refractivity contribution is 6.01. The van der Waals surface area contributed by atoms with E-state index in [-0.39, 0.29) is 24.9 Å². The highest BCUT2D eigenvalue weighted by atomic mass is 16.5. The summed E-state index contributed by atoms with van der Waals surface area (Å²) in [6.45, 7) is 2.68. The molecule has 0 fully saturated rings. The van der Waals surface area contributed by atoms with E-state index < -0.39 is 0 Å². The molecule has 0 bridgehead atoms. The molecule has 0 aliphatic rings. The molecular weight excluding hydrogens is 370 g/mol. The van der Waals surface area contributed by atoms with Crippen LogP contribution < -0.4 is 20.7 Å². The third kappa shape index (κ3) is 5.62. The van der Waals surface area contributed by atoms with Gasteiger partial charge in [0.25, 0.3) is 5.91 Å². The number of carbonyl (C=O) groups excluding carboxylic acids is 2. The molecule has 150 valence electrons. The van der Waals surface area contributed by atoms with Gasteiger partial charge in [0.2, 0.25) is 5.91 Å². The molecule has 7 nitrogen and oxygen atoms in total. The Balaban J connectivity index is 1.59. The van der Waals surface area contributed by atoms with Crippen molar-refractivity contribution in [3.63, 3.8) is 0 Å². The minimum absolute atomic E-state index is 0.00291. The molecule has 7 heteroatoms. The van der Waals surface area contributed by atoms with Gasteiger partial charge in [-0.05, 0) is 43.3 Å². The molecule has 1 aromatic heterocycles. The maximum Gasteiger partial charge on any atom is 0.253 e. The summed E-state index contributed by atoms with van der Waals surface area (Å²) in [6, 6.07) is 17.8. The van der Waals surface area contributed by atoms with E-state index in [1.165, 1.54) is 0 Å². The Morgan fingerprint density at radius 3 is 2.48 bits per heavy atom. The molecule has 2 amide bonds. The third-order valence-corrected chi connectivity index (χ3v) is 4.08. The number of anilines is 2. The minimum Gasteiger partial charge on any atom is -0.492 e. The van der Waals surface area contributed by atoms with Gasteiger partial charge in [0, 0.05) is 5.69 Å². The first kappa shape index (κ1) is 20.0. The van der Waals surface area contributed by atoms with E-state index in [1.807, 2.05) is 19.1 Å². The van der Waals surface area contributed by atoms with Gasteiger partial charge in [-0.2, -0.15) is 0 Å². The Morgan fingerprint density at radius 2 is 1.72 bits per heavy atom. The summed E-state index contributed by atoms with van der Waals surface area (Å²) < 4.78 is 10.7. The highest BCUT2D eigenvalue weighted by Gasteiger charge is 2.13. The van der Waals surface area contributed by atoms with E-state index in [9.17, 15) is 9.59 Å². The maximum atomic E-state index is 12.5. The lowest BCUT2D eigenvalue weighted by atomic mass is 10.1. The number of furan rings is 1. The summed E-state index contributed by atoms with van der Waals surface area (Å²) in [6.07, 6.45) is 1.55. The number of hydrogen-bond donors (Lipinski definition) is 3. The monoisotopic (exact) mass is 393 g/mol. The Hall–Kier alpha value is -3.74. The van der Waals surface area contributed by atoms with Gasteiger partial charge in [0.15, 0.2) is 0 Å². The van der Waals surface area contributed by atoms with E-state index in [2.05, 4.69) is 16.0 Å². The molecule has 0 saturated heterocycles. The first-order valence-corrected chi connectivity index (χ1v) is 9.32. The van der Waals surface area contributed by atoms with Gasteiger partial charge < -0.3 is 25.1 Å². The topological polar surface area (TPSA) is 92.6 Å². The van der Waals surface area contributed by atoms with Crippen LogP contribution in [0.1, 0.15) is 23.0 Å². The van der Waals surface area contributed by atoms with Crippen LogP contribution in [0.2, 0.25) is 0 Å². The number of hydrogen-bond acceptors (Lipinski definition) is 5. The number of amides is 2. The molecule has 0 aliphatic carbocycles. The normalized spacial score (nSPS) is 10.2. The molecule has 3 rings (SSSR count). The van der Waals surface area contributed by atoms with E-state index in [4.69, 9.17) is 9.15 Å². The van der Waals surface area contributed by atoms with Crippen LogP contribution in [0.15, 0.2) is 71.3 Å². The fourth-order valence-corrected chi connectivity index (χ4v) is 2.73. The maximum absolute atomic E-state index is 12.5. The van der Waals surface area contributed by atoms with E-state index in [1.54, 1.807) is 54.8 Å². The van der Waals surface area contributed by atoms with Gasteiger partial charge in [-0.25, -0.2) is 0 Å². The third-order valence-electron chi connectivity index (χ3n) is 4.08. The number of nitrogens with one attached hydrogen (secondary N) is 3. The molecule has 0 aliphatic heterocycles. The van der Waals surface area contributed by atoms with Crippen LogP contribution in [0.3, 0.4) is 0 Å². The Bertz CT molecular complexity index is 954. The number of carbonyl (C=O) groups is 2. The van der Waals surface area contributed by atoms with Crippen LogP contribution in [0.5, 0.6) is 5.75 Å². The molecule has 29 heavy (non-hydrogen) atoms. The van der Waals surface area contributed by atoms with Gasteiger partial charge in [-0.15, -0.1) is 0 Å². The zero-order valence-corrected chi connectivity index (χ0v) is 16.1. The van der Waals surface area contributed by atoms with Crippen LogP contribution in [0, 0.1) is 0 Å². The summed E-state index contributed by atoms with van der Waals surface area (Å²) in [5, 5.41) is 8.64. The minimum atomic E-state index is -0.258. The zero-order valence-electron chi connectivity index (χ0n) is 16.1. The van der Waals surface area contributed by atoms with Gasteiger partial charge in [0.05, 0.1) is 37.2 Å². The molecule has 3 aromatic rings.